The normalized spacial score (nSPS) is 34.2. The molecule has 1 heterocycles. The van der Waals surface area contributed by atoms with Gasteiger partial charge in [-0.15, -0.1) is 0 Å². The lowest BCUT2D eigenvalue weighted by atomic mass is 10.2. The third-order valence-corrected chi connectivity index (χ3v) is 1.98. The summed E-state index contributed by atoms with van der Waals surface area (Å²) in [5.74, 6) is 0. The largest absolute Gasteiger partial charge is 0.312 e. The van der Waals surface area contributed by atoms with Crippen LogP contribution in [-0.4, -0.2) is 18.3 Å². The first kappa shape index (κ1) is 6.17. The quantitative estimate of drug-likeness (QED) is 0.365. The minimum absolute atomic E-state index is 0.472. The van der Waals surface area contributed by atoms with Crippen molar-refractivity contribution in [1.82, 2.24) is 5.32 Å². The second kappa shape index (κ2) is 2.55. The minimum Gasteiger partial charge on any atom is -0.312 e. The lowest BCUT2D eigenvalue weighted by molar-refractivity contribution is 0.868. The molecule has 1 nitrogen and oxygen atoms in total. The van der Waals surface area contributed by atoms with Crippen LogP contribution < -0.4 is 5.32 Å². The molecule has 1 N–H and O–H groups in total. The summed E-state index contributed by atoms with van der Waals surface area (Å²) in [6.45, 7) is 4.12. The molecule has 1 unspecified atom stereocenters. The number of hydrogen-bond donors (Lipinski definition) is 2. The zero-order chi connectivity index (χ0) is 5.98. The summed E-state index contributed by atoms with van der Waals surface area (Å²) in [6, 6.07) is 0. The van der Waals surface area contributed by atoms with Crippen molar-refractivity contribution in [1.29, 1.82) is 0 Å². The van der Waals surface area contributed by atoms with Gasteiger partial charge in [0.25, 0.3) is 0 Å². The Kier molecular flexibility index (Phi) is 1.97. The Morgan fingerprint density at radius 2 is 2.62 bits per heavy atom. The van der Waals surface area contributed by atoms with Gasteiger partial charge in [0.1, 0.15) is 0 Å². The van der Waals surface area contributed by atoms with Crippen LogP contribution >= 0.6 is 12.6 Å². The Bertz CT molecular complexity index is 109. The molecule has 0 bridgehead atoms. The first-order chi connectivity index (χ1) is 3.84. The van der Waals surface area contributed by atoms with Gasteiger partial charge in [0.2, 0.25) is 0 Å². The van der Waals surface area contributed by atoms with Crippen molar-refractivity contribution in [3.63, 3.8) is 0 Å². The summed E-state index contributed by atoms with van der Waals surface area (Å²) in [4.78, 5) is 0. The Morgan fingerprint density at radius 1 is 1.88 bits per heavy atom. The highest BCUT2D eigenvalue weighted by Gasteiger charge is 2.13. The maximum absolute atomic E-state index is 4.34. The molecule has 1 saturated heterocycles. The van der Waals surface area contributed by atoms with Crippen molar-refractivity contribution in [3.05, 3.63) is 11.6 Å². The zero-order valence-corrected chi connectivity index (χ0v) is 5.91. The van der Waals surface area contributed by atoms with Crippen molar-refractivity contribution in [2.45, 2.75) is 12.2 Å². The molecule has 0 aromatic rings. The highest BCUT2D eigenvalue weighted by atomic mass is 32.1. The van der Waals surface area contributed by atoms with E-state index in [0.29, 0.717) is 5.25 Å². The second-order valence-corrected chi connectivity index (χ2v) is 2.63. The van der Waals surface area contributed by atoms with Crippen LogP contribution in [0, 0.1) is 0 Å². The van der Waals surface area contributed by atoms with Crippen LogP contribution in [-0.2, 0) is 0 Å². The highest BCUT2D eigenvalue weighted by Crippen LogP contribution is 2.12. The fraction of sp³-hybridized carbons (Fsp3) is 0.667. The molecule has 0 aromatic carbocycles. The number of hydrogen-bond acceptors (Lipinski definition) is 2. The van der Waals surface area contributed by atoms with Crippen LogP contribution in [0.2, 0.25) is 0 Å². The SMILES string of the molecule is C/C=C1\CNCC1S. The predicted molar refractivity (Wildman–Crippen MR) is 39.4 cm³/mol. The summed E-state index contributed by atoms with van der Waals surface area (Å²) in [5.41, 5.74) is 1.42. The van der Waals surface area contributed by atoms with E-state index < -0.39 is 0 Å². The van der Waals surface area contributed by atoms with Crippen LogP contribution in [0.1, 0.15) is 6.92 Å². The fourth-order valence-corrected chi connectivity index (χ4v) is 1.27. The number of allylic oxidation sites excluding steroid dienone is 1. The molecule has 0 amide bonds. The molecule has 0 aliphatic carbocycles. The Hall–Kier alpha value is 0.0500. The third kappa shape index (κ3) is 1.06. The smallest absolute Gasteiger partial charge is 0.0363 e. The van der Waals surface area contributed by atoms with Gasteiger partial charge in [-0.1, -0.05) is 6.08 Å². The standard InChI is InChI=1S/C6H11NS/c1-2-5-3-7-4-6(5)8/h2,6-8H,3-4H2,1H3/b5-2+. The first-order valence-corrected chi connectivity index (χ1v) is 3.40. The van der Waals surface area contributed by atoms with E-state index in [2.05, 4.69) is 30.9 Å². The van der Waals surface area contributed by atoms with Crippen LogP contribution in [0.25, 0.3) is 0 Å². The molecule has 46 valence electrons. The molecule has 1 rings (SSSR count). The molecule has 2 heteroatoms. The van der Waals surface area contributed by atoms with E-state index in [1.54, 1.807) is 0 Å². The molecule has 1 aliphatic rings. The Balaban J connectivity index is 2.55. The average Bonchev–Trinajstić information content (AvgIpc) is 2.14. The van der Waals surface area contributed by atoms with Crippen LogP contribution in [0.5, 0.6) is 0 Å². The van der Waals surface area contributed by atoms with Crippen molar-refractivity contribution >= 4 is 12.6 Å². The summed E-state index contributed by atoms with van der Waals surface area (Å²) in [7, 11) is 0. The monoisotopic (exact) mass is 129 g/mol. The van der Waals surface area contributed by atoms with Crippen molar-refractivity contribution in [3.8, 4) is 0 Å². The Labute approximate surface area is 55.6 Å². The van der Waals surface area contributed by atoms with Gasteiger partial charge in [0.05, 0.1) is 0 Å². The summed E-state index contributed by atoms with van der Waals surface area (Å²) < 4.78 is 0. The molecule has 0 radical (unpaired) electrons. The molecular formula is C6H11NS. The van der Waals surface area contributed by atoms with Crippen LogP contribution in [0.3, 0.4) is 0 Å². The topological polar surface area (TPSA) is 12.0 Å². The predicted octanol–water partition coefficient (Wildman–Crippen LogP) is 0.834. The fourth-order valence-electron chi connectivity index (χ4n) is 0.897. The van der Waals surface area contributed by atoms with E-state index in [0.717, 1.165) is 13.1 Å². The maximum Gasteiger partial charge on any atom is 0.0363 e. The van der Waals surface area contributed by atoms with Gasteiger partial charge in [-0.3, -0.25) is 0 Å². The highest BCUT2D eigenvalue weighted by molar-refractivity contribution is 7.81. The molecule has 0 aromatic heterocycles. The van der Waals surface area contributed by atoms with Crippen molar-refractivity contribution in [2.24, 2.45) is 0 Å². The van der Waals surface area contributed by atoms with E-state index in [-0.39, 0.29) is 0 Å². The molecule has 0 spiro atoms. The van der Waals surface area contributed by atoms with E-state index in [1.807, 2.05) is 0 Å². The van der Waals surface area contributed by atoms with Crippen LogP contribution in [0.4, 0.5) is 0 Å². The number of rotatable bonds is 0. The second-order valence-electron chi connectivity index (χ2n) is 2.01. The number of nitrogens with one attached hydrogen (secondary N) is 1. The van der Waals surface area contributed by atoms with Gasteiger partial charge in [0.15, 0.2) is 0 Å². The lowest BCUT2D eigenvalue weighted by Crippen LogP contribution is -2.07. The summed E-state index contributed by atoms with van der Waals surface area (Å²) in [6.07, 6.45) is 2.14. The number of thiol groups is 1. The molecule has 1 atom stereocenters. The lowest BCUT2D eigenvalue weighted by Gasteiger charge is -1.97. The third-order valence-electron chi connectivity index (χ3n) is 1.47. The van der Waals surface area contributed by atoms with Crippen molar-refractivity contribution in [2.75, 3.05) is 13.1 Å². The van der Waals surface area contributed by atoms with Gasteiger partial charge < -0.3 is 5.32 Å². The van der Waals surface area contributed by atoms with Gasteiger partial charge in [-0.2, -0.15) is 12.6 Å². The van der Waals surface area contributed by atoms with Crippen molar-refractivity contribution < 1.29 is 0 Å². The van der Waals surface area contributed by atoms with E-state index in [9.17, 15) is 0 Å². The zero-order valence-electron chi connectivity index (χ0n) is 5.02. The van der Waals surface area contributed by atoms with Crippen LogP contribution in [0.15, 0.2) is 11.6 Å². The summed E-state index contributed by atoms with van der Waals surface area (Å²) in [5, 5.41) is 3.70. The molecule has 0 saturated carbocycles. The molecule has 8 heavy (non-hydrogen) atoms. The summed E-state index contributed by atoms with van der Waals surface area (Å²) >= 11 is 4.34. The van der Waals surface area contributed by atoms with Gasteiger partial charge in [-0.05, 0) is 12.5 Å². The van der Waals surface area contributed by atoms with Gasteiger partial charge >= 0.3 is 0 Å². The van der Waals surface area contributed by atoms with E-state index >= 15 is 0 Å². The van der Waals surface area contributed by atoms with E-state index in [1.165, 1.54) is 5.57 Å². The van der Waals surface area contributed by atoms with E-state index in [4.69, 9.17) is 0 Å². The van der Waals surface area contributed by atoms with Gasteiger partial charge in [-0.25, -0.2) is 0 Å². The minimum atomic E-state index is 0.472. The molecule has 1 fully saturated rings. The average molecular weight is 129 g/mol. The maximum atomic E-state index is 4.34. The Morgan fingerprint density at radius 3 is 2.88 bits per heavy atom. The molecular weight excluding hydrogens is 118 g/mol. The molecule has 1 aliphatic heterocycles. The van der Waals surface area contributed by atoms with Gasteiger partial charge in [0, 0.05) is 18.3 Å². The first-order valence-electron chi connectivity index (χ1n) is 2.88.